The van der Waals surface area contributed by atoms with Gasteiger partial charge in [-0.25, -0.2) is 4.39 Å². The summed E-state index contributed by atoms with van der Waals surface area (Å²) in [6.07, 6.45) is 2.90. The van der Waals surface area contributed by atoms with Crippen molar-refractivity contribution in [2.75, 3.05) is 6.54 Å². The van der Waals surface area contributed by atoms with Crippen molar-refractivity contribution in [2.24, 2.45) is 0 Å². The van der Waals surface area contributed by atoms with E-state index in [9.17, 15) is 4.39 Å². The molecule has 0 fully saturated rings. The molecule has 0 aliphatic carbocycles. The van der Waals surface area contributed by atoms with Crippen LogP contribution in [0.1, 0.15) is 50.4 Å². The van der Waals surface area contributed by atoms with E-state index in [2.05, 4.69) is 55.3 Å². The van der Waals surface area contributed by atoms with Crippen molar-refractivity contribution in [3.05, 3.63) is 65.2 Å². The first-order chi connectivity index (χ1) is 9.93. The number of hydrogen-bond acceptors (Lipinski definition) is 2. The summed E-state index contributed by atoms with van der Waals surface area (Å²) in [6, 6.07) is 9.99. The third-order valence-electron chi connectivity index (χ3n) is 3.63. The number of nitrogens with zero attached hydrogens (tertiary/aromatic N) is 1. The summed E-state index contributed by atoms with van der Waals surface area (Å²) in [6.45, 7) is 9.36. The van der Waals surface area contributed by atoms with Gasteiger partial charge < -0.3 is 5.32 Å². The number of hydrogen-bond donors (Lipinski definition) is 1. The van der Waals surface area contributed by atoms with Crippen molar-refractivity contribution in [3.8, 4) is 0 Å². The second kappa shape index (κ2) is 6.35. The molecule has 3 heteroatoms. The summed E-state index contributed by atoms with van der Waals surface area (Å²) in [5, 5.41) is 3.35. The van der Waals surface area contributed by atoms with Gasteiger partial charge in [0.05, 0.1) is 12.2 Å². The van der Waals surface area contributed by atoms with Crippen LogP contribution in [-0.4, -0.2) is 11.5 Å². The van der Waals surface area contributed by atoms with Crippen LogP contribution in [0.4, 0.5) is 4.39 Å². The van der Waals surface area contributed by atoms with E-state index in [1.165, 1.54) is 11.8 Å². The van der Waals surface area contributed by atoms with Crippen LogP contribution < -0.4 is 5.32 Å². The predicted octanol–water partition coefficient (Wildman–Crippen LogP) is 4.22. The van der Waals surface area contributed by atoms with Crippen molar-refractivity contribution in [3.63, 3.8) is 0 Å². The van der Waals surface area contributed by atoms with E-state index < -0.39 is 0 Å². The van der Waals surface area contributed by atoms with Crippen molar-refractivity contribution in [1.29, 1.82) is 0 Å². The Morgan fingerprint density at radius 3 is 2.33 bits per heavy atom. The van der Waals surface area contributed by atoms with Gasteiger partial charge in [0.1, 0.15) is 5.82 Å². The van der Waals surface area contributed by atoms with Crippen molar-refractivity contribution in [1.82, 2.24) is 10.3 Å². The van der Waals surface area contributed by atoms with Crippen LogP contribution in [0.2, 0.25) is 0 Å². The SMILES string of the molecule is CCNC(c1ccc(C(C)(C)C)cc1)c1ccncc1F. The van der Waals surface area contributed by atoms with E-state index >= 15 is 0 Å². The summed E-state index contributed by atoms with van der Waals surface area (Å²) < 4.78 is 14.0. The number of halogens is 1. The van der Waals surface area contributed by atoms with Gasteiger partial charge in [0.15, 0.2) is 0 Å². The number of nitrogens with one attached hydrogen (secondary N) is 1. The molecule has 2 nitrogen and oxygen atoms in total. The molecule has 1 atom stereocenters. The van der Waals surface area contributed by atoms with Gasteiger partial charge in [0.25, 0.3) is 0 Å². The normalized spacial score (nSPS) is 13.2. The molecule has 0 saturated carbocycles. The maximum atomic E-state index is 14.0. The third kappa shape index (κ3) is 3.67. The molecule has 1 aromatic carbocycles. The first kappa shape index (κ1) is 15.6. The minimum absolute atomic E-state index is 0.119. The Balaban J connectivity index is 2.37. The van der Waals surface area contributed by atoms with E-state index in [1.807, 2.05) is 6.92 Å². The van der Waals surface area contributed by atoms with Crippen LogP contribution >= 0.6 is 0 Å². The topological polar surface area (TPSA) is 24.9 Å². The number of rotatable bonds is 4. The quantitative estimate of drug-likeness (QED) is 0.910. The highest BCUT2D eigenvalue weighted by Crippen LogP contribution is 2.27. The van der Waals surface area contributed by atoms with Crippen LogP contribution in [0.5, 0.6) is 0 Å². The summed E-state index contributed by atoms with van der Waals surface area (Å²) >= 11 is 0. The van der Waals surface area contributed by atoms with Crippen LogP contribution in [0.15, 0.2) is 42.7 Å². The minimum atomic E-state index is -0.275. The second-order valence-corrected chi connectivity index (χ2v) is 6.26. The molecule has 2 rings (SSSR count). The van der Waals surface area contributed by atoms with E-state index in [0.717, 1.165) is 12.1 Å². The average Bonchev–Trinajstić information content (AvgIpc) is 2.45. The van der Waals surface area contributed by atoms with Crippen LogP contribution in [0.3, 0.4) is 0 Å². The molecule has 0 bridgehead atoms. The number of pyridine rings is 1. The zero-order valence-electron chi connectivity index (χ0n) is 13.2. The highest BCUT2D eigenvalue weighted by molar-refractivity contribution is 5.35. The fourth-order valence-electron chi connectivity index (χ4n) is 2.41. The van der Waals surface area contributed by atoms with Crippen LogP contribution in [0, 0.1) is 5.82 Å². The summed E-state index contributed by atoms with van der Waals surface area (Å²) in [4.78, 5) is 3.82. The van der Waals surface area contributed by atoms with Gasteiger partial charge in [0, 0.05) is 11.8 Å². The Labute approximate surface area is 126 Å². The molecule has 0 radical (unpaired) electrons. The lowest BCUT2D eigenvalue weighted by Gasteiger charge is -2.22. The Morgan fingerprint density at radius 2 is 1.81 bits per heavy atom. The van der Waals surface area contributed by atoms with E-state index in [0.29, 0.717) is 5.56 Å². The molecule has 1 heterocycles. The lowest BCUT2D eigenvalue weighted by Crippen LogP contribution is -2.23. The van der Waals surface area contributed by atoms with Gasteiger partial charge in [-0.05, 0) is 29.2 Å². The van der Waals surface area contributed by atoms with Gasteiger partial charge >= 0.3 is 0 Å². The summed E-state index contributed by atoms with van der Waals surface area (Å²) in [7, 11) is 0. The zero-order chi connectivity index (χ0) is 15.5. The first-order valence-electron chi connectivity index (χ1n) is 7.36. The lowest BCUT2D eigenvalue weighted by atomic mass is 9.86. The fourth-order valence-corrected chi connectivity index (χ4v) is 2.41. The van der Waals surface area contributed by atoms with Crippen LogP contribution in [0.25, 0.3) is 0 Å². The Bertz CT molecular complexity index is 585. The molecule has 1 unspecified atom stereocenters. The third-order valence-corrected chi connectivity index (χ3v) is 3.63. The summed E-state index contributed by atoms with van der Waals surface area (Å²) in [5.41, 5.74) is 3.09. The van der Waals surface area contributed by atoms with Gasteiger partial charge in [-0.2, -0.15) is 0 Å². The largest absolute Gasteiger partial charge is 0.306 e. The molecule has 0 aliphatic heterocycles. The fraction of sp³-hybridized carbons (Fsp3) is 0.389. The standard InChI is InChI=1S/C18H23FN2/c1-5-21-17(15-10-11-20-12-16(15)19)13-6-8-14(9-7-13)18(2,3)4/h6-12,17,21H,5H2,1-4H3. The summed E-state index contributed by atoms with van der Waals surface area (Å²) in [5.74, 6) is -0.275. The zero-order valence-corrected chi connectivity index (χ0v) is 13.2. The average molecular weight is 286 g/mol. The molecule has 0 saturated heterocycles. The Morgan fingerprint density at radius 1 is 1.14 bits per heavy atom. The molecular weight excluding hydrogens is 263 g/mol. The van der Waals surface area contributed by atoms with Gasteiger partial charge in [0.2, 0.25) is 0 Å². The first-order valence-corrected chi connectivity index (χ1v) is 7.36. The van der Waals surface area contributed by atoms with Gasteiger partial charge in [-0.15, -0.1) is 0 Å². The van der Waals surface area contributed by atoms with Crippen molar-refractivity contribution >= 4 is 0 Å². The molecule has 112 valence electrons. The monoisotopic (exact) mass is 286 g/mol. The van der Waals surface area contributed by atoms with E-state index in [4.69, 9.17) is 0 Å². The van der Waals surface area contributed by atoms with E-state index in [1.54, 1.807) is 12.3 Å². The Hall–Kier alpha value is -1.74. The van der Waals surface area contributed by atoms with Crippen molar-refractivity contribution in [2.45, 2.75) is 39.2 Å². The highest BCUT2D eigenvalue weighted by Gasteiger charge is 2.18. The minimum Gasteiger partial charge on any atom is -0.306 e. The predicted molar refractivity (Wildman–Crippen MR) is 84.9 cm³/mol. The number of aromatic nitrogens is 1. The highest BCUT2D eigenvalue weighted by atomic mass is 19.1. The van der Waals surface area contributed by atoms with Gasteiger partial charge in [-0.3, -0.25) is 4.98 Å². The Kier molecular flexibility index (Phi) is 4.73. The number of benzene rings is 1. The lowest BCUT2D eigenvalue weighted by molar-refractivity contribution is 0.553. The molecule has 0 spiro atoms. The molecule has 2 aromatic rings. The molecular formula is C18H23FN2. The second-order valence-electron chi connectivity index (χ2n) is 6.26. The molecule has 21 heavy (non-hydrogen) atoms. The molecule has 1 aromatic heterocycles. The molecule has 1 N–H and O–H groups in total. The maximum Gasteiger partial charge on any atom is 0.146 e. The van der Waals surface area contributed by atoms with E-state index in [-0.39, 0.29) is 17.3 Å². The van der Waals surface area contributed by atoms with Crippen LogP contribution in [-0.2, 0) is 5.41 Å². The smallest absolute Gasteiger partial charge is 0.146 e. The van der Waals surface area contributed by atoms with Gasteiger partial charge in [-0.1, -0.05) is 52.0 Å². The van der Waals surface area contributed by atoms with Crippen molar-refractivity contribution < 1.29 is 4.39 Å². The maximum absolute atomic E-state index is 14.0. The molecule has 0 amide bonds. The molecule has 0 aliphatic rings.